The molecule has 3 rings (SSSR count). The first-order chi connectivity index (χ1) is 15.1. The number of rotatable bonds is 11. The molecule has 1 aromatic carbocycles. The molecule has 2 heterocycles. The van der Waals surface area contributed by atoms with E-state index >= 15 is 0 Å². The van der Waals surface area contributed by atoms with E-state index in [1.165, 1.54) is 11.8 Å². The highest BCUT2D eigenvalue weighted by atomic mass is 32.2. The Kier molecular flexibility index (Phi) is 8.47. The fourth-order valence-corrected chi connectivity index (χ4v) is 4.53. The van der Waals surface area contributed by atoms with E-state index in [1.807, 2.05) is 12.1 Å². The maximum absolute atomic E-state index is 14.6. The van der Waals surface area contributed by atoms with Crippen molar-refractivity contribution in [3.05, 3.63) is 41.2 Å². The van der Waals surface area contributed by atoms with Crippen LogP contribution in [0.4, 0.5) is 4.39 Å². The highest BCUT2D eigenvalue weighted by molar-refractivity contribution is 7.99. The van der Waals surface area contributed by atoms with Gasteiger partial charge < -0.3 is 4.74 Å². The molecule has 1 aromatic heterocycles. The molecule has 0 saturated heterocycles. The number of fused-ring (bicyclic) bond motifs is 1. The molecule has 0 aliphatic carbocycles. The van der Waals surface area contributed by atoms with Crippen LogP contribution in [-0.2, 0) is 9.53 Å². The Bertz CT molecular complexity index is 927. The molecular weight excluding hydrogens is 415 g/mol. The molecule has 0 amide bonds. The van der Waals surface area contributed by atoms with Gasteiger partial charge in [-0.25, -0.2) is 14.1 Å². The molecule has 6 nitrogen and oxygen atoms in total. The van der Waals surface area contributed by atoms with E-state index in [1.54, 1.807) is 16.8 Å². The summed E-state index contributed by atoms with van der Waals surface area (Å²) in [6, 6.07) is 9.01. The molecule has 0 bridgehead atoms. The van der Waals surface area contributed by atoms with Crippen LogP contribution < -0.4 is 0 Å². The minimum atomic E-state index is -1.22. The van der Waals surface area contributed by atoms with Gasteiger partial charge in [0, 0.05) is 12.2 Å². The van der Waals surface area contributed by atoms with E-state index in [2.05, 4.69) is 30.0 Å². The Morgan fingerprint density at radius 3 is 2.97 bits per heavy atom. The van der Waals surface area contributed by atoms with Crippen LogP contribution in [0.15, 0.2) is 29.4 Å². The number of carbonyl (C=O) groups excluding carboxylic acids is 1. The lowest BCUT2D eigenvalue weighted by atomic mass is 9.99. The van der Waals surface area contributed by atoms with Gasteiger partial charge in [-0.2, -0.15) is 5.26 Å². The van der Waals surface area contributed by atoms with Crippen LogP contribution in [-0.4, -0.2) is 33.1 Å². The largest absolute Gasteiger partial charge is 0.465 e. The number of nitrogens with zero attached hydrogens (tertiary/aromatic N) is 4. The van der Waals surface area contributed by atoms with E-state index in [4.69, 9.17) is 4.74 Å². The summed E-state index contributed by atoms with van der Waals surface area (Å²) in [4.78, 5) is 16.4. The van der Waals surface area contributed by atoms with Crippen LogP contribution in [0, 0.1) is 17.2 Å². The minimum Gasteiger partial charge on any atom is -0.465 e. The third kappa shape index (κ3) is 5.85. The third-order valence-corrected chi connectivity index (χ3v) is 6.48. The maximum Gasteiger partial charge on any atom is 0.306 e. The molecule has 0 N–H and O–H groups in total. The quantitative estimate of drug-likeness (QED) is 0.341. The van der Waals surface area contributed by atoms with Gasteiger partial charge >= 0.3 is 5.97 Å². The fraction of sp³-hybridized carbons (Fsp3) is 0.565. The number of hydrogen-bond acceptors (Lipinski definition) is 6. The van der Waals surface area contributed by atoms with Crippen LogP contribution in [0.2, 0.25) is 0 Å². The van der Waals surface area contributed by atoms with Crippen LogP contribution in [0.1, 0.15) is 81.5 Å². The lowest BCUT2D eigenvalue weighted by Gasteiger charge is -2.14. The molecule has 2 aromatic rings. The number of esters is 1. The average Bonchev–Trinajstić information content (AvgIpc) is 3.33. The number of alkyl halides is 1. The van der Waals surface area contributed by atoms with Gasteiger partial charge in [-0.1, -0.05) is 63.1 Å². The van der Waals surface area contributed by atoms with Gasteiger partial charge in [0.05, 0.1) is 30.7 Å². The van der Waals surface area contributed by atoms with Crippen molar-refractivity contribution in [2.75, 3.05) is 12.4 Å². The van der Waals surface area contributed by atoms with Crippen LogP contribution in [0.25, 0.3) is 0 Å². The maximum atomic E-state index is 14.6. The Labute approximate surface area is 187 Å². The number of thioether (sulfide) groups is 1. The number of hydrogen-bond donors (Lipinski definition) is 0. The van der Waals surface area contributed by atoms with Gasteiger partial charge in [0.15, 0.2) is 12.0 Å². The summed E-state index contributed by atoms with van der Waals surface area (Å²) in [6.07, 6.45) is 3.65. The van der Waals surface area contributed by atoms with Crippen molar-refractivity contribution in [1.82, 2.24) is 14.8 Å². The highest BCUT2D eigenvalue weighted by Crippen LogP contribution is 2.41. The second kappa shape index (κ2) is 11.3. The van der Waals surface area contributed by atoms with Crippen molar-refractivity contribution in [2.24, 2.45) is 5.92 Å². The lowest BCUT2D eigenvalue weighted by molar-refractivity contribution is -0.144. The smallest absolute Gasteiger partial charge is 0.306 e. The predicted molar refractivity (Wildman–Crippen MR) is 117 cm³/mol. The first kappa shape index (κ1) is 23.3. The molecule has 1 aliphatic rings. The number of carbonyl (C=O) groups is 1. The van der Waals surface area contributed by atoms with Crippen LogP contribution >= 0.6 is 11.8 Å². The summed E-state index contributed by atoms with van der Waals surface area (Å²) >= 11 is 1.32. The number of halogens is 1. The standard InChI is InChI=1S/C23H29FN4O2S/c1-3-5-8-16(4-2)15-30-21(29)11-12-31-23-26-22-19(24)13-20(28(22)27-23)18-10-7-6-9-17(18)14-25/h6-7,9-10,16,19-20H,3-5,8,11-13,15H2,1-2H3/t16?,19-,20-/m0/s1. The number of ether oxygens (including phenoxy) is 1. The molecule has 0 fully saturated rings. The second-order valence-corrected chi connectivity index (χ2v) is 8.88. The number of unbranched alkanes of at least 4 members (excludes halogenated alkanes) is 1. The minimum absolute atomic E-state index is 0.224. The summed E-state index contributed by atoms with van der Waals surface area (Å²) in [7, 11) is 0. The zero-order valence-corrected chi connectivity index (χ0v) is 18.9. The summed E-state index contributed by atoms with van der Waals surface area (Å²) in [5, 5.41) is 14.3. The molecule has 166 valence electrons. The first-order valence-corrected chi connectivity index (χ1v) is 11.9. The predicted octanol–water partition coefficient (Wildman–Crippen LogP) is 5.40. The SMILES string of the molecule is CCCCC(CC)COC(=O)CCSc1nc2n(n1)[C@H](c1ccccc1C#N)C[C@@H]2F. The van der Waals surface area contributed by atoms with Gasteiger partial charge in [-0.15, -0.1) is 5.10 Å². The van der Waals surface area contributed by atoms with Crippen molar-refractivity contribution in [1.29, 1.82) is 5.26 Å². The normalized spacial score (nSPS) is 18.4. The first-order valence-electron chi connectivity index (χ1n) is 10.9. The molecular formula is C23H29FN4O2S. The van der Waals surface area contributed by atoms with Crippen LogP contribution in [0.5, 0.6) is 0 Å². The van der Waals surface area contributed by atoms with Crippen molar-refractivity contribution in [3.8, 4) is 6.07 Å². The number of benzene rings is 1. The summed E-state index contributed by atoms with van der Waals surface area (Å²) in [6.45, 7) is 4.75. The Hall–Kier alpha value is -2.40. The van der Waals surface area contributed by atoms with Crippen molar-refractivity contribution < 1.29 is 13.9 Å². The van der Waals surface area contributed by atoms with Crippen molar-refractivity contribution in [2.45, 2.75) is 69.7 Å². The van der Waals surface area contributed by atoms with Gasteiger partial charge in [0.25, 0.3) is 0 Å². The fourth-order valence-electron chi connectivity index (χ4n) is 3.78. The van der Waals surface area contributed by atoms with Gasteiger partial charge in [-0.3, -0.25) is 4.79 Å². The van der Waals surface area contributed by atoms with E-state index < -0.39 is 6.17 Å². The van der Waals surface area contributed by atoms with E-state index in [0.717, 1.165) is 31.2 Å². The molecule has 0 saturated carbocycles. The van der Waals surface area contributed by atoms with Crippen molar-refractivity contribution >= 4 is 17.7 Å². The second-order valence-electron chi connectivity index (χ2n) is 7.81. The molecule has 31 heavy (non-hydrogen) atoms. The van der Waals surface area contributed by atoms with Crippen LogP contribution in [0.3, 0.4) is 0 Å². The molecule has 8 heteroatoms. The van der Waals surface area contributed by atoms with Gasteiger partial charge in [0.2, 0.25) is 5.16 Å². The zero-order chi connectivity index (χ0) is 22.2. The Morgan fingerprint density at radius 1 is 1.42 bits per heavy atom. The average molecular weight is 445 g/mol. The highest BCUT2D eigenvalue weighted by Gasteiger charge is 2.36. The summed E-state index contributed by atoms with van der Waals surface area (Å²) in [5.74, 6) is 0.955. The third-order valence-electron chi connectivity index (χ3n) is 5.64. The lowest BCUT2D eigenvalue weighted by Crippen LogP contribution is -2.14. The topological polar surface area (TPSA) is 80.8 Å². The molecule has 1 aliphatic heterocycles. The van der Waals surface area contributed by atoms with Gasteiger partial charge in [0.1, 0.15) is 0 Å². The van der Waals surface area contributed by atoms with Gasteiger partial charge in [-0.05, 0) is 24.0 Å². The Balaban J connectivity index is 1.54. The zero-order valence-electron chi connectivity index (χ0n) is 18.1. The number of aromatic nitrogens is 3. The Morgan fingerprint density at radius 2 is 2.23 bits per heavy atom. The monoisotopic (exact) mass is 444 g/mol. The molecule has 0 radical (unpaired) electrons. The summed E-state index contributed by atoms with van der Waals surface area (Å²) in [5.41, 5.74) is 1.27. The number of nitriles is 1. The van der Waals surface area contributed by atoms with E-state index in [9.17, 15) is 14.4 Å². The van der Waals surface area contributed by atoms with Crippen molar-refractivity contribution in [3.63, 3.8) is 0 Å². The molecule has 3 atom stereocenters. The summed E-state index contributed by atoms with van der Waals surface area (Å²) < 4.78 is 21.6. The molecule has 1 unspecified atom stereocenters. The molecule has 0 spiro atoms. The van der Waals surface area contributed by atoms with E-state index in [-0.39, 0.29) is 30.7 Å². The van der Waals surface area contributed by atoms with E-state index in [0.29, 0.717) is 29.0 Å².